The first kappa shape index (κ1) is 24.8. The largest absolute Gasteiger partial charge is 0.489 e. The van der Waals surface area contributed by atoms with Gasteiger partial charge in [-0.3, -0.25) is 4.79 Å². The van der Waals surface area contributed by atoms with Crippen molar-refractivity contribution in [2.24, 2.45) is 5.92 Å². The lowest BCUT2D eigenvalue weighted by molar-refractivity contribution is -0.137. The maximum atomic E-state index is 12.7. The van der Waals surface area contributed by atoms with E-state index >= 15 is 0 Å². The summed E-state index contributed by atoms with van der Waals surface area (Å²) in [5.74, 6) is 0.416. The quantitative estimate of drug-likeness (QED) is 0.505. The Morgan fingerprint density at radius 2 is 1.91 bits per heavy atom. The summed E-state index contributed by atoms with van der Waals surface area (Å²) in [6, 6.07) is 6.03. The van der Waals surface area contributed by atoms with Gasteiger partial charge in [0.1, 0.15) is 18.1 Å². The second-order valence-electron chi connectivity index (χ2n) is 8.69. The van der Waals surface area contributed by atoms with E-state index in [2.05, 4.69) is 5.16 Å². The van der Waals surface area contributed by atoms with Gasteiger partial charge in [0.05, 0.1) is 28.3 Å². The van der Waals surface area contributed by atoms with E-state index in [1.807, 2.05) is 27.7 Å². The third-order valence-corrected chi connectivity index (χ3v) is 7.26. The van der Waals surface area contributed by atoms with Gasteiger partial charge in [0.25, 0.3) is 5.91 Å². The minimum atomic E-state index is -3.13. The fourth-order valence-corrected chi connectivity index (χ4v) is 5.44. The molecule has 1 unspecified atom stereocenters. The summed E-state index contributed by atoms with van der Waals surface area (Å²) in [5, 5.41) is 3.88. The Labute approximate surface area is 193 Å². The monoisotopic (exact) mass is 478 g/mol. The van der Waals surface area contributed by atoms with Crippen molar-refractivity contribution in [1.82, 2.24) is 10.1 Å². The van der Waals surface area contributed by atoms with Crippen LogP contribution < -0.4 is 4.74 Å². The highest BCUT2D eigenvalue weighted by Gasteiger charge is 2.35. The summed E-state index contributed by atoms with van der Waals surface area (Å²) < 4.78 is 39.7. The molecule has 3 rings (SSSR count). The van der Waals surface area contributed by atoms with Gasteiger partial charge in [0, 0.05) is 12.6 Å². The molecule has 9 nitrogen and oxygen atoms in total. The molecule has 2 heterocycles. The number of aryl methyl sites for hydroxylation is 2. The normalized spacial score (nSPS) is 17.2. The lowest BCUT2D eigenvalue weighted by Gasteiger charge is -2.29. The number of hydrogen-bond acceptors (Lipinski definition) is 8. The highest BCUT2D eigenvalue weighted by Crippen LogP contribution is 2.20. The first-order valence-electron chi connectivity index (χ1n) is 10.9. The zero-order valence-electron chi connectivity index (χ0n) is 19.4. The van der Waals surface area contributed by atoms with E-state index in [9.17, 15) is 18.0 Å². The van der Waals surface area contributed by atoms with Gasteiger partial charge in [0.15, 0.2) is 16.4 Å². The topological polar surface area (TPSA) is 116 Å². The maximum Gasteiger partial charge on any atom is 0.338 e. The number of hydrogen-bond donors (Lipinski definition) is 0. The molecule has 1 amide bonds. The van der Waals surface area contributed by atoms with E-state index in [0.29, 0.717) is 31.1 Å². The molecule has 1 aliphatic rings. The smallest absolute Gasteiger partial charge is 0.338 e. The Hall–Kier alpha value is -2.88. The molecule has 0 aliphatic carbocycles. The molecule has 1 aromatic heterocycles. The highest BCUT2D eigenvalue weighted by molar-refractivity contribution is 7.91. The summed E-state index contributed by atoms with van der Waals surface area (Å²) >= 11 is 0. The second kappa shape index (κ2) is 10.4. The maximum absolute atomic E-state index is 12.7. The van der Waals surface area contributed by atoms with Crippen LogP contribution in [-0.2, 0) is 26.0 Å². The molecule has 33 heavy (non-hydrogen) atoms. The van der Waals surface area contributed by atoms with Crippen molar-refractivity contribution in [2.75, 3.05) is 24.7 Å². The first-order valence-corrected chi connectivity index (χ1v) is 12.7. The first-order chi connectivity index (χ1) is 15.6. The number of ether oxygens (including phenoxy) is 2. The third kappa shape index (κ3) is 6.56. The molecule has 10 heteroatoms. The number of esters is 1. The van der Waals surface area contributed by atoms with Crippen LogP contribution >= 0.6 is 0 Å². The van der Waals surface area contributed by atoms with Crippen LogP contribution in [0.1, 0.15) is 47.6 Å². The van der Waals surface area contributed by atoms with Crippen molar-refractivity contribution in [3.05, 3.63) is 46.8 Å². The molecule has 1 aliphatic heterocycles. The fourth-order valence-electron chi connectivity index (χ4n) is 3.71. The van der Waals surface area contributed by atoms with Gasteiger partial charge >= 0.3 is 5.97 Å². The molecule has 0 saturated carbocycles. The number of sulfone groups is 1. The van der Waals surface area contributed by atoms with E-state index < -0.39 is 28.3 Å². The van der Waals surface area contributed by atoms with E-state index in [-0.39, 0.29) is 29.0 Å². The number of benzene rings is 1. The Morgan fingerprint density at radius 1 is 1.21 bits per heavy atom. The standard InChI is InChI=1S/C23H30N2O7S/c1-15(2)11-25(19-9-10-33(28,29)14-19)22(26)13-31-23(27)18-5-7-20(8-6-18)30-12-21-16(3)24-32-17(21)4/h5-8,15,19H,9-14H2,1-4H3. The van der Waals surface area contributed by atoms with Crippen LogP contribution in [0, 0.1) is 19.8 Å². The van der Waals surface area contributed by atoms with Crippen molar-refractivity contribution in [3.63, 3.8) is 0 Å². The lowest BCUT2D eigenvalue weighted by Crippen LogP contribution is -2.45. The van der Waals surface area contributed by atoms with E-state index in [1.165, 1.54) is 4.90 Å². The van der Waals surface area contributed by atoms with Gasteiger partial charge in [-0.2, -0.15) is 0 Å². The second-order valence-corrected chi connectivity index (χ2v) is 10.9. The number of rotatable bonds is 9. The molecule has 1 saturated heterocycles. The molecular weight excluding hydrogens is 448 g/mol. The molecule has 0 N–H and O–H groups in total. The van der Waals surface area contributed by atoms with Crippen molar-refractivity contribution < 1.29 is 32.0 Å². The van der Waals surface area contributed by atoms with Crippen LogP contribution in [0.2, 0.25) is 0 Å². The minimum absolute atomic E-state index is 0.0468. The Balaban J connectivity index is 1.55. The van der Waals surface area contributed by atoms with Crippen molar-refractivity contribution in [3.8, 4) is 5.75 Å². The van der Waals surface area contributed by atoms with Gasteiger partial charge in [-0.15, -0.1) is 0 Å². The number of nitrogens with zero attached hydrogens (tertiary/aromatic N) is 2. The predicted molar refractivity (Wildman–Crippen MR) is 121 cm³/mol. The average molecular weight is 479 g/mol. The van der Waals surface area contributed by atoms with Gasteiger partial charge in [0.2, 0.25) is 0 Å². The molecule has 2 aromatic rings. The van der Waals surface area contributed by atoms with Gasteiger partial charge < -0.3 is 18.9 Å². The Kier molecular flexibility index (Phi) is 7.78. The number of aromatic nitrogens is 1. The van der Waals surface area contributed by atoms with E-state index in [1.54, 1.807) is 24.3 Å². The Bertz CT molecular complexity index is 1070. The molecule has 1 aromatic carbocycles. The zero-order chi connectivity index (χ0) is 24.2. The molecule has 0 spiro atoms. The molecular formula is C23H30N2O7S. The average Bonchev–Trinajstić information content (AvgIpc) is 3.29. The van der Waals surface area contributed by atoms with Gasteiger partial charge in [-0.1, -0.05) is 19.0 Å². The fraction of sp³-hybridized carbons (Fsp3) is 0.522. The van der Waals surface area contributed by atoms with Gasteiger partial charge in [-0.25, -0.2) is 13.2 Å². The third-order valence-electron chi connectivity index (χ3n) is 5.51. The minimum Gasteiger partial charge on any atom is -0.489 e. The van der Waals surface area contributed by atoms with Crippen LogP contribution in [0.3, 0.4) is 0 Å². The summed E-state index contributed by atoms with van der Waals surface area (Å²) in [6.07, 6.45) is 0.407. The lowest BCUT2D eigenvalue weighted by atomic mass is 10.1. The summed E-state index contributed by atoms with van der Waals surface area (Å²) in [4.78, 5) is 26.7. The molecule has 1 atom stereocenters. The number of amides is 1. The summed E-state index contributed by atoms with van der Waals surface area (Å²) in [5.41, 5.74) is 1.92. The molecule has 0 bridgehead atoms. The molecule has 0 radical (unpaired) electrons. The molecule has 1 fully saturated rings. The van der Waals surface area contributed by atoms with Crippen LogP contribution in [0.25, 0.3) is 0 Å². The van der Waals surface area contributed by atoms with Crippen molar-refractivity contribution >= 4 is 21.7 Å². The molecule has 180 valence electrons. The van der Waals surface area contributed by atoms with Crippen LogP contribution in [0.4, 0.5) is 0 Å². The van der Waals surface area contributed by atoms with Gasteiger partial charge in [-0.05, 0) is 50.5 Å². The zero-order valence-corrected chi connectivity index (χ0v) is 20.2. The Morgan fingerprint density at radius 3 is 2.45 bits per heavy atom. The summed E-state index contributed by atoms with van der Waals surface area (Å²) in [7, 11) is -3.13. The van der Waals surface area contributed by atoms with Crippen LogP contribution in [-0.4, -0.2) is 61.1 Å². The number of carbonyl (C=O) groups excluding carboxylic acids is 2. The van der Waals surface area contributed by atoms with E-state index in [4.69, 9.17) is 14.0 Å². The van der Waals surface area contributed by atoms with E-state index in [0.717, 1.165) is 11.3 Å². The van der Waals surface area contributed by atoms with Crippen molar-refractivity contribution in [1.29, 1.82) is 0 Å². The van der Waals surface area contributed by atoms with Crippen LogP contribution in [0.15, 0.2) is 28.8 Å². The number of carbonyl (C=O) groups is 2. The predicted octanol–water partition coefficient (Wildman–Crippen LogP) is 2.70. The van der Waals surface area contributed by atoms with Crippen molar-refractivity contribution in [2.45, 2.75) is 46.8 Å². The highest BCUT2D eigenvalue weighted by atomic mass is 32.2. The SMILES string of the molecule is Cc1noc(C)c1COc1ccc(C(=O)OCC(=O)N(CC(C)C)C2CCS(=O)(=O)C2)cc1. The van der Waals surface area contributed by atoms with Crippen LogP contribution in [0.5, 0.6) is 5.75 Å². The summed E-state index contributed by atoms with van der Waals surface area (Å²) in [6.45, 7) is 7.81.